The van der Waals surface area contributed by atoms with Crippen molar-refractivity contribution in [2.75, 3.05) is 11.9 Å². The number of hydrogen-bond acceptors (Lipinski definition) is 5. The highest BCUT2D eigenvalue weighted by Gasteiger charge is 2.23. The number of fused-ring (bicyclic) bond motifs is 1. The number of halogens is 1. The Hall–Kier alpha value is -2.15. The first-order valence-corrected chi connectivity index (χ1v) is 7.21. The van der Waals surface area contributed by atoms with Gasteiger partial charge in [0.1, 0.15) is 11.9 Å². The zero-order chi connectivity index (χ0) is 14.8. The van der Waals surface area contributed by atoms with Crippen LogP contribution in [0, 0.1) is 10.1 Å². The molecule has 1 aromatic carbocycles. The molecule has 108 valence electrons. The van der Waals surface area contributed by atoms with E-state index in [2.05, 4.69) is 26.2 Å². The number of nitrogens with zero attached hydrogens (tertiary/aromatic N) is 2. The van der Waals surface area contributed by atoms with E-state index in [-0.39, 0.29) is 17.6 Å². The van der Waals surface area contributed by atoms with E-state index < -0.39 is 4.92 Å². The lowest BCUT2D eigenvalue weighted by molar-refractivity contribution is -0.384. The van der Waals surface area contributed by atoms with E-state index in [1.807, 2.05) is 24.3 Å². The second-order valence-electron chi connectivity index (χ2n) is 4.71. The number of para-hydroxylation sites is 1. The Morgan fingerprint density at radius 2 is 2.29 bits per heavy atom. The topological polar surface area (TPSA) is 77.3 Å². The van der Waals surface area contributed by atoms with E-state index in [0.29, 0.717) is 11.0 Å². The summed E-state index contributed by atoms with van der Waals surface area (Å²) in [4.78, 5) is 14.6. The fraction of sp³-hybridized carbons (Fsp3) is 0.214. The Labute approximate surface area is 129 Å². The minimum Gasteiger partial charge on any atom is -0.488 e. The average molecular weight is 350 g/mol. The molecule has 1 aromatic heterocycles. The smallest absolute Gasteiger partial charge is 0.312 e. The molecule has 0 bridgehead atoms. The third-order valence-corrected chi connectivity index (χ3v) is 3.68. The van der Waals surface area contributed by atoms with Gasteiger partial charge in [0.05, 0.1) is 11.5 Å². The summed E-state index contributed by atoms with van der Waals surface area (Å²) in [5.41, 5.74) is 1.10. The van der Waals surface area contributed by atoms with Crippen LogP contribution in [0.3, 0.4) is 0 Å². The van der Waals surface area contributed by atoms with Gasteiger partial charge >= 0.3 is 5.69 Å². The van der Waals surface area contributed by atoms with Crippen LogP contribution in [0.2, 0.25) is 0 Å². The highest BCUT2D eigenvalue weighted by molar-refractivity contribution is 9.10. The molecule has 0 saturated carbocycles. The highest BCUT2D eigenvalue weighted by atomic mass is 79.9. The first-order chi connectivity index (χ1) is 10.1. The first kappa shape index (κ1) is 13.8. The van der Waals surface area contributed by atoms with Crippen LogP contribution in [0.1, 0.15) is 5.56 Å². The third kappa shape index (κ3) is 2.97. The van der Waals surface area contributed by atoms with Crippen LogP contribution < -0.4 is 10.1 Å². The van der Waals surface area contributed by atoms with Crippen molar-refractivity contribution in [3.63, 3.8) is 0 Å². The van der Waals surface area contributed by atoms with Gasteiger partial charge in [-0.1, -0.05) is 18.2 Å². The Morgan fingerprint density at radius 3 is 3.05 bits per heavy atom. The van der Waals surface area contributed by atoms with Gasteiger partial charge in [0, 0.05) is 23.2 Å². The summed E-state index contributed by atoms with van der Waals surface area (Å²) < 4.78 is 6.36. The van der Waals surface area contributed by atoms with Crippen LogP contribution in [-0.4, -0.2) is 22.6 Å². The van der Waals surface area contributed by atoms with Gasteiger partial charge in [-0.2, -0.15) is 0 Å². The molecule has 7 heteroatoms. The fourth-order valence-corrected chi connectivity index (χ4v) is 2.60. The van der Waals surface area contributed by atoms with Crippen molar-refractivity contribution in [3.05, 3.63) is 56.7 Å². The molecule has 6 nitrogen and oxygen atoms in total. The summed E-state index contributed by atoms with van der Waals surface area (Å²) in [7, 11) is 0. The molecule has 3 rings (SSSR count). The van der Waals surface area contributed by atoms with Gasteiger partial charge in [0.15, 0.2) is 0 Å². The number of benzene rings is 1. The molecule has 0 amide bonds. The lowest BCUT2D eigenvalue weighted by Crippen LogP contribution is -2.24. The summed E-state index contributed by atoms with van der Waals surface area (Å²) in [5.74, 6) is 1.13. The van der Waals surface area contributed by atoms with Crippen LogP contribution in [0.5, 0.6) is 5.75 Å². The maximum Gasteiger partial charge on any atom is 0.312 e. The number of nitro groups is 1. The monoisotopic (exact) mass is 349 g/mol. The molecule has 1 atom stereocenters. The minimum absolute atomic E-state index is 0.0487. The molecule has 0 saturated heterocycles. The zero-order valence-electron chi connectivity index (χ0n) is 11.0. The Kier molecular flexibility index (Phi) is 3.74. The summed E-state index contributed by atoms with van der Waals surface area (Å²) >= 11 is 3.18. The standard InChI is InChI=1S/C14H12BrN3O3/c15-10-6-12(18(19)20)14(16-7-10)17-8-11-5-9-3-1-2-4-13(9)21-11/h1-4,6-7,11H,5,8H2,(H,16,17). The number of ether oxygens (including phenoxy) is 1. The molecule has 1 aliphatic rings. The van der Waals surface area contributed by atoms with Crippen molar-refractivity contribution in [2.24, 2.45) is 0 Å². The van der Waals surface area contributed by atoms with Crippen LogP contribution >= 0.6 is 15.9 Å². The van der Waals surface area contributed by atoms with E-state index in [1.165, 1.54) is 12.3 Å². The van der Waals surface area contributed by atoms with Crippen LogP contribution in [0.15, 0.2) is 41.0 Å². The lowest BCUT2D eigenvalue weighted by atomic mass is 10.1. The van der Waals surface area contributed by atoms with Crippen molar-refractivity contribution in [1.29, 1.82) is 0 Å². The molecule has 0 radical (unpaired) electrons. The average Bonchev–Trinajstić information content (AvgIpc) is 2.88. The number of anilines is 1. The third-order valence-electron chi connectivity index (χ3n) is 3.24. The molecule has 1 aliphatic heterocycles. The molecule has 0 spiro atoms. The summed E-state index contributed by atoms with van der Waals surface area (Å²) in [6, 6.07) is 9.28. The normalized spacial score (nSPS) is 16.1. The molecular formula is C14H12BrN3O3. The number of nitrogens with one attached hydrogen (secondary N) is 1. The van der Waals surface area contributed by atoms with E-state index in [9.17, 15) is 10.1 Å². The molecule has 1 N–H and O–H groups in total. The van der Waals surface area contributed by atoms with Crippen LogP contribution in [-0.2, 0) is 6.42 Å². The fourth-order valence-electron chi connectivity index (χ4n) is 2.28. The number of pyridine rings is 1. The van der Waals surface area contributed by atoms with Gasteiger partial charge < -0.3 is 10.1 Å². The van der Waals surface area contributed by atoms with Crippen molar-refractivity contribution < 1.29 is 9.66 Å². The number of hydrogen-bond donors (Lipinski definition) is 1. The first-order valence-electron chi connectivity index (χ1n) is 6.42. The summed E-state index contributed by atoms with van der Waals surface area (Å²) in [6.07, 6.45) is 2.26. The van der Waals surface area contributed by atoms with E-state index >= 15 is 0 Å². The van der Waals surface area contributed by atoms with Gasteiger partial charge in [-0.05, 0) is 27.6 Å². The van der Waals surface area contributed by atoms with Gasteiger partial charge in [-0.3, -0.25) is 10.1 Å². The van der Waals surface area contributed by atoms with E-state index in [0.717, 1.165) is 17.7 Å². The Morgan fingerprint density at radius 1 is 1.48 bits per heavy atom. The SMILES string of the molecule is O=[N+]([O-])c1cc(Br)cnc1NCC1Cc2ccccc2O1. The van der Waals surface area contributed by atoms with E-state index in [4.69, 9.17) is 4.74 Å². The zero-order valence-corrected chi connectivity index (χ0v) is 12.5. The predicted molar refractivity (Wildman–Crippen MR) is 81.6 cm³/mol. The van der Waals surface area contributed by atoms with Crippen molar-refractivity contribution in [1.82, 2.24) is 4.98 Å². The Bertz CT molecular complexity index is 668. The lowest BCUT2D eigenvalue weighted by Gasteiger charge is -2.12. The minimum atomic E-state index is -0.454. The maximum absolute atomic E-state index is 11.0. The molecule has 1 unspecified atom stereocenters. The number of rotatable bonds is 4. The van der Waals surface area contributed by atoms with Gasteiger partial charge in [-0.25, -0.2) is 4.98 Å². The summed E-state index contributed by atoms with van der Waals surface area (Å²) in [6.45, 7) is 0.462. The highest BCUT2D eigenvalue weighted by Crippen LogP contribution is 2.29. The second-order valence-corrected chi connectivity index (χ2v) is 5.63. The van der Waals surface area contributed by atoms with Crippen molar-refractivity contribution in [2.45, 2.75) is 12.5 Å². The van der Waals surface area contributed by atoms with Crippen molar-refractivity contribution >= 4 is 27.4 Å². The Balaban J connectivity index is 1.68. The summed E-state index contributed by atoms with van der Waals surface area (Å²) in [5, 5.41) is 14.0. The molecular weight excluding hydrogens is 338 g/mol. The quantitative estimate of drug-likeness (QED) is 0.677. The maximum atomic E-state index is 11.0. The van der Waals surface area contributed by atoms with Crippen molar-refractivity contribution in [3.8, 4) is 5.75 Å². The van der Waals surface area contributed by atoms with Gasteiger partial charge in [-0.15, -0.1) is 0 Å². The molecule has 0 fully saturated rings. The van der Waals surface area contributed by atoms with Crippen LogP contribution in [0.25, 0.3) is 0 Å². The molecule has 21 heavy (non-hydrogen) atoms. The van der Waals surface area contributed by atoms with Crippen LogP contribution in [0.4, 0.5) is 11.5 Å². The number of aromatic nitrogens is 1. The van der Waals surface area contributed by atoms with Gasteiger partial charge in [0.2, 0.25) is 5.82 Å². The second kappa shape index (κ2) is 5.69. The molecule has 2 heterocycles. The molecule has 0 aliphatic carbocycles. The van der Waals surface area contributed by atoms with E-state index in [1.54, 1.807) is 0 Å². The molecule has 2 aromatic rings. The predicted octanol–water partition coefficient (Wildman–Crippen LogP) is 3.17. The largest absolute Gasteiger partial charge is 0.488 e. The van der Waals surface area contributed by atoms with Gasteiger partial charge in [0.25, 0.3) is 0 Å².